The van der Waals surface area contributed by atoms with Gasteiger partial charge in [0.1, 0.15) is 17.3 Å². The summed E-state index contributed by atoms with van der Waals surface area (Å²) in [6, 6.07) is 5.92. The van der Waals surface area contributed by atoms with Crippen molar-refractivity contribution in [3.8, 4) is 11.5 Å². The van der Waals surface area contributed by atoms with Crippen LogP contribution in [0.3, 0.4) is 0 Å². The second-order valence-electron chi connectivity index (χ2n) is 5.38. The Morgan fingerprint density at radius 1 is 1.35 bits per heavy atom. The molecule has 1 heterocycles. The van der Waals surface area contributed by atoms with Gasteiger partial charge in [-0.25, -0.2) is 0 Å². The largest absolute Gasteiger partial charge is 0.497 e. The van der Waals surface area contributed by atoms with Crippen molar-refractivity contribution in [3.63, 3.8) is 0 Å². The van der Waals surface area contributed by atoms with Crippen molar-refractivity contribution in [2.24, 2.45) is 5.92 Å². The second kappa shape index (κ2) is 6.64. The number of benzene rings is 1. The molecule has 1 aromatic rings. The molecule has 0 amide bonds. The van der Waals surface area contributed by atoms with E-state index < -0.39 is 0 Å². The van der Waals surface area contributed by atoms with E-state index >= 15 is 0 Å². The molecule has 0 bridgehead atoms. The summed E-state index contributed by atoms with van der Waals surface area (Å²) >= 11 is 0. The third-order valence-electron chi connectivity index (χ3n) is 3.92. The molecule has 20 heavy (non-hydrogen) atoms. The molecule has 1 aromatic carbocycles. The molecule has 1 fully saturated rings. The third-order valence-corrected chi connectivity index (χ3v) is 3.92. The van der Waals surface area contributed by atoms with Crippen LogP contribution in [0.4, 0.5) is 5.69 Å². The van der Waals surface area contributed by atoms with Crippen LogP contribution in [0.5, 0.6) is 11.5 Å². The van der Waals surface area contributed by atoms with Gasteiger partial charge in [-0.1, -0.05) is 0 Å². The molecule has 0 aliphatic carbocycles. The topological polar surface area (TPSA) is 38.8 Å². The molecule has 0 radical (unpaired) electrons. The van der Waals surface area contributed by atoms with Crippen molar-refractivity contribution in [1.82, 2.24) is 0 Å². The van der Waals surface area contributed by atoms with Crippen LogP contribution < -0.4 is 14.4 Å². The molecule has 4 nitrogen and oxygen atoms in total. The van der Waals surface area contributed by atoms with Gasteiger partial charge >= 0.3 is 0 Å². The predicted molar refractivity (Wildman–Crippen MR) is 79.8 cm³/mol. The van der Waals surface area contributed by atoms with Crippen LogP contribution in [0.25, 0.3) is 0 Å². The maximum Gasteiger partial charge on any atom is 0.145 e. The van der Waals surface area contributed by atoms with Crippen molar-refractivity contribution in [1.29, 1.82) is 0 Å². The summed E-state index contributed by atoms with van der Waals surface area (Å²) in [5.41, 5.74) is 1.11. The molecule has 0 spiro atoms. The molecule has 1 atom stereocenters. The minimum absolute atomic E-state index is 0.283. The molecule has 4 heteroatoms. The van der Waals surface area contributed by atoms with Gasteiger partial charge in [-0.15, -0.1) is 0 Å². The maximum absolute atomic E-state index is 11.1. The third kappa shape index (κ3) is 3.44. The maximum atomic E-state index is 11.1. The van der Waals surface area contributed by atoms with E-state index in [0.29, 0.717) is 12.3 Å². The molecule has 1 unspecified atom stereocenters. The zero-order valence-corrected chi connectivity index (χ0v) is 12.5. The predicted octanol–water partition coefficient (Wildman–Crippen LogP) is 2.90. The summed E-state index contributed by atoms with van der Waals surface area (Å²) < 4.78 is 10.7. The first-order chi connectivity index (χ1) is 9.63. The molecule has 1 aliphatic heterocycles. The molecule has 110 valence electrons. The number of rotatable bonds is 6. The van der Waals surface area contributed by atoms with E-state index in [-0.39, 0.29) is 5.78 Å². The van der Waals surface area contributed by atoms with Crippen LogP contribution in [0.2, 0.25) is 0 Å². The van der Waals surface area contributed by atoms with Crippen LogP contribution in [-0.4, -0.2) is 33.1 Å². The SMILES string of the molecule is COc1ccc(N2CCC(CCC(C)=O)C2)c(OC)c1. The summed E-state index contributed by atoms with van der Waals surface area (Å²) in [5, 5.41) is 0. The summed E-state index contributed by atoms with van der Waals surface area (Å²) in [6.45, 7) is 3.68. The minimum Gasteiger partial charge on any atom is -0.497 e. The Balaban J connectivity index is 2.04. The van der Waals surface area contributed by atoms with Gasteiger partial charge in [0, 0.05) is 25.6 Å². The average Bonchev–Trinajstić information content (AvgIpc) is 2.93. The van der Waals surface area contributed by atoms with Gasteiger partial charge < -0.3 is 19.2 Å². The van der Waals surface area contributed by atoms with Crippen LogP contribution >= 0.6 is 0 Å². The summed E-state index contributed by atoms with van der Waals surface area (Å²) in [5.74, 6) is 2.53. The standard InChI is InChI=1S/C16H23NO3/c1-12(18)4-5-13-8-9-17(11-13)15-7-6-14(19-2)10-16(15)20-3/h6-7,10,13H,4-5,8-9,11H2,1-3H3. The fourth-order valence-electron chi connectivity index (χ4n) is 2.74. The number of methoxy groups -OCH3 is 2. The lowest BCUT2D eigenvalue weighted by Crippen LogP contribution is -2.20. The minimum atomic E-state index is 0.283. The number of hydrogen-bond acceptors (Lipinski definition) is 4. The lowest BCUT2D eigenvalue weighted by Gasteiger charge is -2.21. The fourth-order valence-corrected chi connectivity index (χ4v) is 2.74. The number of carbonyl (C=O) groups excluding carboxylic acids is 1. The molecule has 1 aliphatic rings. The quantitative estimate of drug-likeness (QED) is 0.801. The van der Waals surface area contributed by atoms with E-state index in [0.717, 1.165) is 43.1 Å². The highest BCUT2D eigenvalue weighted by Crippen LogP contribution is 2.35. The van der Waals surface area contributed by atoms with E-state index in [1.807, 2.05) is 18.2 Å². The Morgan fingerprint density at radius 3 is 2.80 bits per heavy atom. The molecule has 0 saturated carbocycles. The Hall–Kier alpha value is -1.71. The summed E-state index contributed by atoms with van der Waals surface area (Å²) in [6.07, 6.45) is 2.82. The molecular formula is C16H23NO3. The Morgan fingerprint density at radius 2 is 2.15 bits per heavy atom. The molecule has 0 N–H and O–H groups in total. The van der Waals surface area contributed by atoms with E-state index in [1.54, 1.807) is 21.1 Å². The first kappa shape index (κ1) is 14.7. The van der Waals surface area contributed by atoms with Crippen molar-refractivity contribution >= 4 is 11.5 Å². The Kier molecular flexibility index (Phi) is 4.88. The van der Waals surface area contributed by atoms with Crippen molar-refractivity contribution < 1.29 is 14.3 Å². The average molecular weight is 277 g/mol. The van der Waals surface area contributed by atoms with Crippen molar-refractivity contribution in [2.45, 2.75) is 26.2 Å². The van der Waals surface area contributed by atoms with E-state index in [9.17, 15) is 4.79 Å². The van der Waals surface area contributed by atoms with E-state index in [4.69, 9.17) is 9.47 Å². The monoisotopic (exact) mass is 277 g/mol. The van der Waals surface area contributed by atoms with Gasteiger partial charge in [-0.3, -0.25) is 0 Å². The van der Waals surface area contributed by atoms with Gasteiger partial charge in [0.15, 0.2) is 0 Å². The lowest BCUT2D eigenvalue weighted by atomic mass is 10.0. The van der Waals surface area contributed by atoms with Crippen molar-refractivity contribution in [2.75, 3.05) is 32.2 Å². The number of ketones is 1. The zero-order chi connectivity index (χ0) is 14.5. The van der Waals surface area contributed by atoms with E-state index in [1.165, 1.54) is 0 Å². The zero-order valence-electron chi connectivity index (χ0n) is 12.5. The normalized spacial score (nSPS) is 18.1. The Labute approximate surface area is 120 Å². The van der Waals surface area contributed by atoms with Crippen molar-refractivity contribution in [3.05, 3.63) is 18.2 Å². The first-order valence-electron chi connectivity index (χ1n) is 7.10. The van der Waals surface area contributed by atoms with Gasteiger partial charge in [0.05, 0.1) is 19.9 Å². The number of carbonyl (C=O) groups is 1. The van der Waals surface area contributed by atoms with Gasteiger partial charge in [0.2, 0.25) is 0 Å². The Bertz CT molecular complexity index is 473. The summed E-state index contributed by atoms with van der Waals surface area (Å²) in [7, 11) is 3.34. The lowest BCUT2D eigenvalue weighted by molar-refractivity contribution is -0.117. The number of ether oxygens (including phenoxy) is 2. The number of Topliss-reactive ketones (excluding diaryl/α,β-unsaturated/α-hetero) is 1. The molecule has 1 saturated heterocycles. The summed E-state index contributed by atoms with van der Waals surface area (Å²) in [4.78, 5) is 13.4. The van der Waals surface area contributed by atoms with E-state index in [2.05, 4.69) is 4.90 Å². The smallest absolute Gasteiger partial charge is 0.145 e. The molecular weight excluding hydrogens is 254 g/mol. The molecule has 0 aromatic heterocycles. The van der Waals surface area contributed by atoms with Gasteiger partial charge in [-0.05, 0) is 37.8 Å². The second-order valence-corrected chi connectivity index (χ2v) is 5.38. The number of anilines is 1. The van der Waals surface area contributed by atoms with Crippen LogP contribution in [0.15, 0.2) is 18.2 Å². The van der Waals surface area contributed by atoms with Crippen LogP contribution in [-0.2, 0) is 4.79 Å². The fraction of sp³-hybridized carbons (Fsp3) is 0.562. The number of nitrogens with zero attached hydrogens (tertiary/aromatic N) is 1. The molecule has 2 rings (SSSR count). The van der Waals surface area contributed by atoms with Gasteiger partial charge in [0.25, 0.3) is 0 Å². The highest BCUT2D eigenvalue weighted by molar-refractivity contribution is 5.75. The van der Waals surface area contributed by atoms with Gasteiger partial charge in [-0.2, -0.15) is 0 Å². The van der Waals surface area contributed by atoms with Crippen LogP contribution in [0, 0.1) is 5.92 Å². The number of hydrogen-bond donors (Lipinski definition) is 0. The highest BCUT2D eigenvalue weighted by atomic mass is 16.5. The highest BCUT2D eigenvalue weighted by Gasteiger charge is 2.24. The first-order valence-corrected chi connectivity index (χ1v) is 7.10. The van der Waals surface area contributed by atoms with Crippen LogP contribution in [0.1, 0.15) is 26.2 Å².